The molecule has 0 aliphatic carbocycles. The molecule has 3 N–H and O–H groups in total. The molecule has 0 unspecified atom stereocenters. The van der Waals surface area contributed by atoms with Gasteiger partial charge in [0.15, 0.2) is 0 Å². The number of aromatic nitrogens is 1. The Kier molecular flexibility index (Phi) is 4.68. The zero-order chi connectivity index (χ0) is 16.2. The van der Waals surface area contributed by atoms with Crippen LogP contribution in [0.3, 0.4) is 0 Å². The molecule has 0 bridgehead atoms. The van der Waals surface area contributed by atoms with Crippen molar-refractivity contribution in [3.8, 4) is 0 Å². The second kappa shape index (κ2) is 6.89. The van der Waals surface area contributed by atoms with Crippen LogP contribution in [0.1, 0.15) is 21.1 Å². The fourth-order valence-corrected chi connectivity index (χ4v) is 3.39. The van der Waals surface area contributed by atoms with Crippen molar-refractivity contribution >= 4 is 28.8 Å². The highest BCUT2D eigenvalue weighted by Gasteiger charge is 2.24. The van der Waals surface area contributed by atoms with Gasteiger partial charge in [0.05, 0.1) is 11.6 Å². The molecule has 2 heterocycles. The SMILES string of the molecule is NCCc1nc(C(=O)NCC(=O)N2CCc3ccccc32)cs1. The highest BCUT2D eigenvalue weighted by molar-refractivity contribution is 7.09. The topological polar surface area (TPSA) is 88.3 Å². The van der Waals surface area contributed by atoms with Gasteiger partial charge in [0.25, 0.3) is 5.91 Å². The van der Waals surface area contributed by atoms with E-state index in [1.165, 1.54) is 11.3 Å². The van der Waals surface area contributed by atoms with Gasteiger partial charge in [-0.3, -0.25) is 9.59 Å². The fourth-order valence-electron chi connectivity index (χ4n) is 2.59. The first kappa shape index (κ1) is 15.6. The largest absolute Gasteiger partial charge is 0.342 e. The van der Waals surface area contributed by atoms with Crippen LogP contribution in [0, 0.1) is 0 Å². The van der Waals surface area contributed by atoms with E-state index >= 15 is 0 Å². The molecule has 0 radical (unpaired) electrons. The maximum absolute atomic E-state index is 12.3. The Hall–Kier alpha value is -2.25. The van der Waals surface area contributed by atoms with Crippen molar-refractivity contribution in [3.05, 3.63) is 45.9 Å². The molecule has 6 nitrogen and oxygen atoms in total. The molecule has 0 saturated heterocycles. The number of nitrogens with zero attached hydrogens (tertiary/aromatic N) is 2. The second-order valence-electron chi connectivity index (χ2n) is 5.27. The van der Waals surface area contributed by atoms with Gasteiger partial charge in [-0.05, 0) is 24.6 Å². The number of rotatable bonds is 5. The van der Waals surface area contributed by atoms with E-state index in [1.54, 1.807) is 10.3 Å². The zero-order valence-electron chi connectivity index (χ0n) is 12.6. The molecule has 0 atom stereocenters. The van der Waals surface area contributed by atoms with E-state index in [2.05, 4.69) is 10.3 Å². The van der Waals surface area contributed by atoms with Crippen LogP contribution in [-0.2, 0) is 17.6 Å². The van der Waals surface area contributed by atoms with Gasteiger partial charge in [-0.1, -0.05) is 18.2 Å². The minimum Gasteiger partial charge on any atom is -0.342 e. The summed E-state index contributed by atoms with van der Waals surface area (Å²) in [5, 5.41) is 5.17. The summed E-state index contributed by atoms with van der Waals surface area (Å²) >= 11 is 1.41. The van der Waals surface area contributed by atoms with Crippen LogP contribution in [0.2, 0.25) is 0 Å². The molecular formula is C16H18N4O2S. The fraction of sp³-hybridized carbons (Fsp3) is 0.312. The highest BCUT2D eigenvalue weighted by atomic mass is 32.1. The van der Waals surface area contributed by atoms with Crippen LogP contribution in [0.25, 0.3) is 0 Å². The number of hydrogen-bond acceptors (Lipinski definition) is 5. The Morgan fingerprint density at radius 1 is 1.35 bits per heavy atom. The van der Waals surface area contributed by atoms with Gasteiger partial charge in [-0.15, -0.1) is 11.3 Å². The molecule has 1 aromatic heterocycles. The summed E-state index contributed by atoms with van der Waals surface area (Å²) in [4.78, 5) is 30.3. The van der Waals surface area contributed by atoms with E-state index in [-0.39, 0.29) is 18.4 Å². The molecule has 0 spiro atoms. The van der Waals surface area contributed by atoms with Crippen LogP contribution in [0.5, 0.6) is 0 Å². The number of nitrogens with one attached hydrogen (secondary N) is 1. The summed E-state index contributed by atoms with van der Waals surface area (Å²) in [6.07, 6.45) is 1.51. The molecule has 3 rings (SSSR count). The van der Waals surface area contributed by atoms with Crippen molar-refractivity contribution in [3.63, 3.8) is 0 Å². The maximum atomic E-state index is 12.3. The summed E-state index contributed by atoms with van der Waals surface area (Å²) in [5.41, 5.74) is 7.91. The third kappa shape index (κ3) is 3.40. The van der Waals surface area contributed by atoms with Gasteiger partial charge in [0, 0.05) is 24.0 Å². The van der Waals surface area contributed by atoms with Crippen molar-refractivity contribution in [2.45, 2.75) is 12.8 Å². The lowest BCUT2D eigenvalue weighted by Crippen LogP contribution is -2.39. The molecule has 1 aliphatic rings. The van der Waals surface area contributed by atoms with Crippen molar-refractivity contribution < 1.29 is 9.59 Å². The summed E-state index contributed by atoms with van der Waals surface area (Å²) < 4.78 is 0. The average Bonchev–Trinajstić information content (AvgIpc) is 3.19. The predicted octanol–water partition coefficient (Wildman–Crippen LogP) is 0.963. The number of nitrogens with two attached hydrogens (primary N) is 1. The van der Waals surface area contributed by atoms with Gasteiger partial charge >= 0.3 is 0 Å². The van der Waals surface area contributed by atoms with E-state index in [4.69, 9.17) is 5.73 Å². The molecule has 2 aromatic rings. The van der Waals surface area contributed by atoms with Crippen LogP contribution in [0.4, 0.5) is 5.69 Å². The van der Waals surface area contributed by atoms with E-state index in [9.17, 15) is 9.59 Å². The Bertz CT molecular complexity index is 728. The first-order valence-electron chi connectivity index (χ1n) is 7.50. The van der Waals surface area contributed by atoms with Gasteiger partial charge in [-0.2, -0.15) is 0 Å². The minimum absolute atomic E-state index is 0.0308. The van der Waals surface area contributed by atoms with Crippen LogP contribution >= 0.6 is 11.3 Å². The van der Waals surface area contributed by atoms with Gasteiger partial charge in [0.1, 0.15) is 5.69 Å². The van der Waals surface area contributed by atoms with Crippen LogP contribution in [-0.4, -0.2) is 36.4 Å². The number of fused-ring (bicyclic) bond motifs is 1. The molecule has 2 amide bonds. The number of carbonyl (C=O) groups excluding carboxylic acids is 2. The molecule has 1 aliphatic heterocycles. The summed E-state index contributed by atoms with van der Waals surface area (Å²) in [5.74, 6) is -0.439. The lowest BCUT2D eigenvalue weighted by atomic mass is 10.2. The summed E-state index contributed by atoms with van der Waals surface area (Å²) in [7, 11) is 0. The van der Waals surface area contributed by atoms with Gasteiger partial charge in [-0.25, -0.2) is 4.98 Å². The molecule has 0 fully saturated rings. The number of anilines is 1. The maximum Gasteiger partial charge on any atom is 0.271 e. The van der Waals surface area contributed by atoms with Crippen molar-refractivity contribution in [1.82, 2.24) is 10.3 Å². The Labute approximate surface area is 138 Å². The number of para-hydroxylation sites is 1. The van der Waals surface area contributed by atoms with Crippen LogP contribution < -0.4 is 16.0 Å². The first-order chi connectivity index (χ1) is 11.2. The van der Waals surface area contributed by atoms with Crippen LogP contribution in [0.15, 0.2) is 29.6 Å². The number of amides is 2. The average molecular weight is 330 g/mol. The van der Waals surface area contributed by atoms with E-state index in [1.807, 2.05) is 24.3 Å². The van der Waals surface area contributed by atoms with Crippen molar-refractivity contribution in [2.75, 3.05) is 24.5 Å². The summed E-state index contributed by atoms with van der Waals surface area (Å²) in [6.45, 7) is 1.13. The van der Waals surface area contributed by atoms with Crippen molar-refractivity contribution in [1.29, 1.82) is 0 Å². The monoisotopic (exact) mass is 330 g/mol. The van der Waals surface area contributed by atoms with Crippen molar-refractivity contribution in [2.24, 2.45) is 5.73 Å². The molecule has 23 heavy (non-hydrogen) atoms. The Balaban J connectivity index is 1.58. The van der Waals surface area contributed by atoms with E-state index < -0.39 is 0 Å². The standard InChI is InChI=1S/C16H18N4O2S/c17-7-5-14-19-12(10-23-14)16(22)18-9-15(21)20-8-6-11-3-1-2-4-13(11)20/h1-4,10H,5-9,17H2,(H,18,22). The smallest absolute Gasteiger partial charge is 0.271 e. The minimum atomic E-state index is -0.328. The zero-order valence-corrected chi connectivity index (χ0v) is 13.4. The molecule has 1 aromatic carbocycles. The third-order valence-electron chi connectivity index (χ3n) is 3.73. The summed E-state index contributed by atoms with van der Waals surface area (Å²) in [6, 6.07) is 7.84. The third-order valence-corrected chi connectivity index (χ3v) is 4.64. The van der Waals surface area contributed by atoms with E-state index in [0.29, 0.717) is 25.2 Å². The predicted molar refractivity (Wildman–Crippen MR) is 89.7 cm³/mol. The van der Waals surface area contributed by atoms with Gasteiger partial charge < -0.3 is 16.0 Å². The van der Waals surface area contributed by atoms with E-state index in [0.717, 1.165) is 22.7 Å². The second-order valence-corrected chi connectivity index (χ2v) is 6.21. The lowest BCUT2D eigenvalue weighted by molar-refractivity contribution is -0.117. The normalized spacial score (nSPS) is 13.0. The Morgan fingerprint density at radius 2 is 2.17 bits per heavy atom. The molecule has 120 valence electrons. The number of thiazole rings is 1. The quantitative estimate of drug-likeness (QED) is 0.855. The first-order valence-corrected chi connectivity index (χ1v) is 8.38. The molecule has 0 saturated carbocycles. The molecular weight excluding hydrogens is 312 g/mol. The number of benzene rings is 1. The lowest BCUT2D eigenvalue weighted by Gasteiger charge is -2.17. The number of hydrogen-bond donors (Lipinski definition) is 2. The highest BCUT2D eigenvalue weighted by Crippen LogP contribution is 2.27. The number of carbonyl (C=O) groups is 2. The van der Waals surface area contributed by atoms with Gasteiger partial charge in [0.2, 0.25) is 5.91 Å². The molecule has 7 heteroatoms. The Morgan fingerprint density at radius 3 is 3.00 bits per heavy atom.